The number of nitrogens with one attached hydrogen (secondary N) is 1. The standard InChI is InChI=1S/C33H26IN3O6/c1-21-11-9-10-16-27(21)35-29(38)20-43-30-26(34)18-22(19-28(30)42-2)17-25-31(39)36(23-12-5-3-6-13-23)33(41)37(32(25)40)24-14-7-4-8-15-24/h3-19H,20H2,1-2H3,(H,35,38). The molecule has 0 spiro atoms. The van der Waals surface area contributed by atoms with Crippen molar-refractivity contribution in [2.45, 2.75) is 6.92 Å². The predicted octanol–water partition coefficient (Wildman–Crippen LogP) is 6.21. The Morgan fingerprint density at radius 3 is 1.95 bits per heavy atom. The summed E-state index contributed by atoms with van der Waals surface area (Å²) in [5.41, 5.74) is 2.52. The molecule has 43 heavy (non-hydrogen) atoms. The molecule has 1 saturated heterocycles. The molecule has 1 aliphatic rings. The number of halogens is 1. The third-order valence-electron chi connectivity index (χ3n) is 6.61. The van der Waals surface area contributed by atoms with Crippen molar-refractivity contribution in [3.05, 3.63) is 117 Å². The highest BCUT2D eigenvalue weighted by atomic mass is 127. The van der Waals surface area contributed by atoms with Crippen LogP contribution in [-0.4, -0.2) is 37.5 Å². The van der Waals surface area contributed by atoms with E-state index in [1.165, 1.54) is 13.2 Å². The molecule has 0 aliphatic carbocycles. The maximum absolute atomic E-state index is 13.7. The molecular formula is C33H26IN3O6. The molecule has 1 fully saturated rings. The molecule has 216 valence electrons. The summed E-state index contributed by atoms with van der Waals surface area (Å²) < 4.78 is 11.9. The quantitative estimate of drug-likeness (QED) is 0.134. The number of benzene rings is 4. The summed E-state index contributed by atoms with van der Waals surface area (Å²) in [7, 11) is 1.45. The van der Waals surface area contributed by atoms with Crippen LogP contribution < -0.4 is 24.6 Å². The molecule has 0 unspecified atom stereocenters. The van der Waals surface area contributed by atoms with E-state index in [1.54, 1.807) is 78.9 Å². The van der Waals surface area contributed by atoms with Crippen LogP contribution in [0.5, 0.6) is 11.5 Å². The van der Waals surface area contributed by atoms with Gasteiger partial charge in [-0.2, -0.15) is 0 Å². The second kappa shape index (κ2) is 12.9. The molecule has 5 amide bonds. The van der Waals surface area contributed by atoms with Crippen molar-refractivity contribution in [2.75, 3.05) is 28.8 Å². The fraction of sp³-hybridized carbons (Fsp3) is 0.0909. The van der Waals surface area contributed by atoms with Gasteiger partial charge in [0, 0.05) is 5.69 Å². The van der Waals surface area contributed by atoms with E-state index in [2.05, 4.69) is 5.32 Å². The molecule has 0 bridgehead atoms. The number of methoxy groups -OCH3 is 1. The monoisotopic (exact) mass is 687 g/mol. The Balaban J connectivity index is 1.46. The maximum atomic E-state index is 13.7. The summed E-state index contributed by atoms with van der Waals surface area (Å²) in [4.78, 5) is 55.4. The van der Waals surface area contributed by atoms with E-state index in [9.17, 15) is 19.2 Å². The van der Waals surface area contributed by atoms with Crippen LogP contribution in [0.25, 0.3) is 6.08 Å². The van der Waals surface area contributed by atoms with Gasteiger partial charge < -0.3 is 14.8 Å². The summed E-state index contributed by atoms with van der Waals surface area (Å²) >= 11 is 2.03. The number of rotatable bonds is 8. The lowest BCUT2D eigenvalue weighted by atomic mass is 10.0. The van der Waals surface area contributed by atoms with Gasteiger partial charge in [-0.25, -0.2) is 14.6 Å². The van der Waals surface area contributed by atoms with E-state index >= 15 is 0 Å². The van der Waals surface area contributed by atoms with Gasteiger partial charge in [0.05, 0.1) is 22.1 Å². The van der Waals surface area contributed by atoms with Crippen LogP contribution in [0.4, 0.5) is 21.9 Å². The fourth-order valence-corrected chi connectivity index (χ4v) is 5.29. The molecule has 4 aromatic carbocycles. The van der Waals surface area contributed by atoms with Crippen LogP contribution >= 0.6 is 22.6 Å². The number of para-hydroxylation sites is 3. The fourth-order valence-electron chi connectivity index (χ4n) is 4.51. The largest absolute Gasteiger partial charge is 0.493 e. The van der Waals surface area contributed by atoms with Gasteiger partial charge >= 0.3 is 6.03 Å². The molecule has 5 rings (SSSR count). The molecule has 1 N–H and O–H groups in total. The Morgan fingerprint density at radius 1 is 0.837 bits per heavy atom. The number of aryl methyl sites for hydroxylation is 1. The number of amides is 5. The van der Waals surface area contributed by atoms with Gasteiger partial charge in [-0.15, -0.1) is 0 Å². The van der Waals surface area contributed by atoms with Crippen molar-refractivity contribution < 1.29 is 28.7 Å². The summed E-state index contributed by atoms with van der Waals surface area (Å²) in [5, 5.41) is 2.82. The molecule has 0 radical (unpaired) electrons. The zero-order valence-electron chi connectivity index (χ0n) is 23.2. The lowest BCUT2D eigenvalue weighted by Crippen LogP contribution is -2.57. The van der Waals surface area contributed by atoms with Gasteiger partial charge in [0.2, 0.25) is 0 Å². The summed E-state index contributed by atoms with van der Waals surface area (Å²) in [6.45, 7) is 1.63. The highest BCUT2D eigenvalue weighted by molar-refractivity contribution is 14.1. The van der Waals surface area contributed by atoms with E-state index in [0.29, 0.717) is 37.7 Å². The highest BCUT2D eigenvalue weighted by Gasteiger charge is 2.43. The first-order valence-electron chi connectivity index (χ1n) is 13.2. The number of nitrogens with zero attached hydrogens (tertiary/aromatic N) is 2. The number of ether oxygens (including phenoxy) is 2. The number of barbiturate groups is 1. The third-order valence-corrected chi connectivity index (χ3v) is 7.41. The van der Waals surface area contributed by atoms with Crippen LogP contribution in [0.2, 0.25) is 0 Å². The molecule has 10 heteroatoms. The van der Waals surface area contributed by atoms with Crippen molar-refractivity contribution >= 4 is 69.5 Å². The summed E-state index contributed by atoms with van der Waals surface area (Å²) in [6.07, 6.45) is 1.42. The second-order valence-electron chi connectivity index (χ2n) is 9.48. The van der Waals surface area contributed by atoms with Crippen LogP contribution in [0.15, 0.2) is 103 Å². The second-order valence-corrected chi connectivity index (χ2v) is 10.6. The molecule has 1 aliphatic heterocycles. The Kier molecular flexibility index (Phi) is 8.86. The minimum atomic E-state index is -0.774. The minimum absolute atomic E-state index is 0.212. The Labute approximate surface area is 261 Å². The number of carbonyl (C=O) groups is 4. The molecule has 0 saturated carbocycles. The van der Waals surface area contributed by atoms with E-state index < -0.39 is 17.8 Å². The minimum Gasteiger partial charge on any atom is -0.493 e. The topological polar surface area (TPSA) is 105 Å². The van der Waals surface area contributed by atoms with Gasteiger partial charge in [-0.3, -0.25) is 14.4 Å². The Hall–Kier alpha value is -4.97. The van der Waals surface area contributed by atoms with E-state index in [1.807, 2.05) is 47.7 Å². The van der Waals surface area contributed by atoms with Gasteiger partial charge in [0.15, 0.2) is 18.1 Å². The number of imide groups is 2. The highest BCUT2D eigenvalue weighted by Crippen LogP contribution is 2.36. The zero-order chi connectivity index (χ0) is 30.5. The number of hydrogen-bond donors (Lipinski definition) is 1. The average molecular weight is 687 g/mol. The van der Waals surface area contributed by atoms with Gasteiger partial charge in [0.1, 0.15) is 5.57 Å². The number of anilines is 3. The average Bonchev–Trinajstić information content (AvgIpc) is 3.01. The van der Waals surface area contributed by atoms with E-state index in [4.69, 9.17) is 9.47 Å². The maximum Gasteiger partial charge on any atom is 0.343 e. The molecular weight excluding hydrogens is 661 g/mol. The SMILES string of the molecule is COc1cc(C=C2C(=O)N(c3ccccc3)C(=O)N(c3ccccc3)C2=O)cc(I)c1OCC(=O)Nc1ccccc1C. The summed E-state index contributed by atoms with van der Waals surface area (Å²) in [6, 6.07) is 26.8. The van der Waals surface area contributed by atoms with Crippen molar-refractivity contribution in [3.63, 3.8) is 0 Å². The first-order chi connectivity index (χ1) is 20.8. The lowest BCUT2D eigenvalue weighted by Gasteiger charge is -2.34. The van der Waals surface area contributed by atoms with Crippen molar-refractivity contribution in [1.82, 2.24) is 0 Å². The van der Waals surface area contributed by atoms with Crippen LogP contribution in [-0.2, 0) is 14.4 Å². The van der Waals surface area contributed by atoms with E-state index in [-0.39, 0.29) is 18.1 Å². The summed E-state index contributed by atoms with van der Waals surface area (Å²) in [5.74, 6) is -1.22. The third kappa shape index (κ3) is 6.28. The van der Waals surface area contributed by atoms with Gasteiger partial charge in [-0.05, 0) is 89.2 Å². The van der Waals surface area contributed by atoms with Crippen molar-refractivity contribution in [3.8, 4) is 11.5 Å². The van der Waals surface area contributed by atoms with Gasteiger partial charge in [-0.1, -0.05) is 54.6 Å². The van der Waals surface area contributed by atoms with Gasteiger partial charge in [0.25, 0.3) is 17.7 Å². The number of hydrogen-bond acceptors (Lipinski definition) is 6. The lowest BCUT2D eigenvalue weighted by molar-refractivity contribution is -0.121. The Morgan fingerprint density at radius 2 is 1.40 bits per heavy atom. The van der Waals surface area contributed by atoms with Crippen LogP contribution in [0.3, 0.4) is 0 Å². The molecule has 9 nitrogen and oxygen atoms in total. The molecule has 1 heterocycles. The predicted molar refractivity (Wildman–Crippen MR) is 172 cm³/mol. The van der Waals surface area contributed by atoms with Crippen molar-refractivity contribution in [1.29, 1.82) is 0 Å². The normalized spacial score (nSPS) is 13.2. The molecule has 0 atom stereocenters. The molecule has 4 aromatic rings. The Bertz CT molecular complexity index is 1680. The first-order valence-corrected chi connectivity index (χ1v) is 14.3. The molecule has 0 aromatic heterocycles. The number of urea groups is 1. The van der Waals surface area contributed by atoms with E-state index in [0.717, 1.165) is 15.4 Å². The van der Waals surface area contributed by atoms with Crippen molar-refractivity contribution in [2.24, 2.45) is 0 Å². The van der Waals surface area contributed by atoms with Crippen LogP contribution in [0.1, 0.15) is 11.1 Å². The smallest absolute Gasteiger partial charge is 0.343 e. The zero-order valence-corrected chi connectivity index (χ0v) is 25.4. The van der Waals surface area contributed by atoms with Crippen LogP contribution in [0, 0.1) is 10.5 Å². The number of carbonyl (C=O) groups excluding carboxylic acids is 4. The first kappa shape index (κ1) is 29.5.